The van der Waals surface area contributed by atoms with E-state index < -0.39 is 0 Å². The first-order chi connectivity index (χ1) is 7.70. The van der Waals surface area contributed by atoms with Crippen molar-refractivity contribution in [2.45, 2.75) is 45.6 Å². The lowest BCUT2D eigenvalue weighted by atomic mass is 10.2. The third-order valence-corrected chi connectivity index (χ3v) is 2.50. The van der Waals surface area contributed by atoms with Gasteiger partial charge in [-0.05, 0) is 32.7 Å². The van der Waals surface area contributed by atoms with Gasteiger partial charge in [0.05, 0.1) is 0 Å². The highest BCUT2D eigenvalue weighted by Crippen LogP contribution is 1.90. The number of carbonyl (C=O) groups is 1. The van der Waals surface area contributed by atoms with Gasteiger partial charge >= 0.3 is 0 Å². The van der Waals surface area contributed by atoms with Gasteiger partial charge in [-0.25, -0.2) is 0 Å². The van der Waals surface area contributed by atoms with Crippen LogP contribution in [0, 0.1) is 0 Å². The van der Waals surface area contributed by atoms with Gasteiger partial charge in [-0.2, -0.15) is 0 Å². The van der Waals surface area contributed by atoms with Crippen LogP contribution in [-0.2, 0) is 9.53 Å². The fourth-order valence-corrected chi connectivity index (χ4v) is 1.27. The van der Waals surface area contributed by atoms with Gasteiger partial charge in [0.15, 0.2) is 0 Å². The van der Waals surface area contributed by atoms with Crippen molar-refractivity contribution in [3.05, 3.63) is 0 Å². The van der Waals surface area contributed by atoms with Crippen LogP contribution in [0.15, 0.2) is 0 Å². The van der Waals surface area contributed by atoms with Gasteiger partial charge in [-0.15, -0.1) is 0 Å². The molecule has 0 bridgehead atoms. The number of amides is 1. The number of carbonyl (C=O) groups excluding carboxylic acids is 1. The van der Waals surface area contributed by atoms with Crippen LogP contribution in [0.1, 0.15) is 39.5 Å². The minimum absolute atomic E-state index is 0.138. The molecule has 16 heavy (non-hydrogen) atoms. The normalized spacial score (nSPS) is 12.4. The van der Waals surface area contributed by atoms with E-state index in [1.807, 2.05) is 6.92 Å². The van der Waals surface area contributed by atoms with Crippen LogP contribution in [0.3, 0.4) is 0 Å². The number of ether oxygens (including phenoxy) is 1. The van der Waals surface area contributed by atoms with Crippen LogP contribution in [0.25, 0.3) is 0 Å². The molecule has 0 spiro atoms. The van der Waals surface area contributed by atoms with Gasteiger partial charge in [-0.3, -0.25) is 4.79 Å². The molecule has 1 unspecified atom stereocenters. The second kappa shape index (κ2) is 10.9. The van der Waals surface area contributed by atoms with E-state index in [9.17, 15) is 4.79 Å². The van der Waals surface area contributed by atoms with Crippen LogP contribution in [-0.4, -0.2) is 38.8 Å². The number of hydrogen-bond donors (Lipinski definition) is 2. The molecular weight excluding hydrogens is 204 g/mol. The fraction of sp³-hybridized carbons (Fsp3) is 0.917. The molecule has 0 saturated carbocycles. The Labute approximate surface area is 99.1 Å². The quantitative estimate of drug-likeness (QED) is 0.556. The van der Waals surface area contributed by atoms with Crippen molar-refractivity contribution in [1.29, 1.82) is 0 Å². The second-order valence-corrected chi connectivity index (χ2v) is 4.08. The predicted octanol–water partition coefficient (Wildman–Crippen LogP) is 1.31. The first kappa shape index (κ1) is 15.4. The van der Waals surface area contributed by atoms with Crippen molar-refractivity contribution in [1.82, 2.24) is 10.6 Å². The summed E-state index contributed by atoms with van der Waals surface area (Å²) in [4.78, 5) is 11.4. The van der Waals surface area contributed by atoms with Crippen LogP contribution >= 0.6 is 0 Å². The molecule has 0 aliphatic rings. The first-order valence-corrected chi connectivity index (χ1v) is 6.19. The van der Waals surface area contributed by atoms with Crippen LogP contribution < -0.4 is 10.6 Å². The molecule has 0 radical (unpaired) electrons. The highest BCUT2D eigenvalue weighted by atomic mass is 16.5. The van der Waals surface area contributed by atoms with Crippen molar-refractivity contribution in [2.75, 3.05) is 26.8 Å². The van der Waals surface area contributed by atoms with Crippen molar-refractivity contribution in [3.63, 3.8) is 0 Å². The number of rotatable bonds is 10. The van der Waals surface area contributed by atoms with Gasteiger partial charge in [0, 0.05) is 32.7 Å². The maximum absolute atomic E-state index is 11.4. The first-order valence-electron chi connectivity index (χ1n) is 6.19. The monoisotopic (exact) mass is 230 g/mol. The van der Waals surface area contributed by atoms with E-state index in [4.69, 9.17) is 4.74 Å². The number of nitrogens with one attached hydrogen (secondary N) is 2. The molecule has 96 valence electrons. The molecule has 0 aromatic heterocycles. The Balaban J connectivity index is 3.21. The summed E-state index contributed by atoms with van der Waals surface area (Å²) in [5, 5.41) is 6.19. The van der Waals surface area contributed by atoms with E-state index in [1.54, 1.807) is 7.11 Å². The number of unbranched alkanes of at least 4 members (excludes halogenated alkanes) is 1. The SMILES string of the molecule is CCC(C)NC(=O)CCNCCCCOC. The zero-order valence-electron chi connectivity index (χ0n) is 10.8. The van der Waals surface area contributed by atoms with E-state index in [2.05, 4.69) is 17.6 Å². The van der Waals surface area contributed by atoms with E-state index in [-0.39, 0.29) is 11.9 Å². The Morgan fingerprint density at radius 1 is 1.31 bits per heavy atom. The Morgan fingerprint density at radius 2 is 2.06 bits per heavy atom. The van der Waals surface area contributed by atoms with Gasteiger partial charge < -0.3 is 15.4 Å². The molecule has 4 nitrogen and oxygen atoms in total. The molecule has 0 heterocycles. The molecular formula is C12H26N2O2. The lowest BCUT2D eigenvalue weighted by Gasteiger charge is -2.11. The third kappa shape index (κ3) is 9.93. The highest BCUT2D eigenvalue weighted by molar-refractivity contribution is 5.76. The van der Waals surface area contributed by atoms with Crippen molar-refractivity contribution in [2.24, 2.45) is 0 Å². The third-order valence-electron chi connectivity index (χ3n) is 2.50. The maximum atomic E-state index is 11.4. The summed E-state index contributed by atoms with van der Waals surface area (Å²) in [5.74, 6) is 0.138. The standard InChI is InChI=1S/C12H26N2O2/c1-4-11(2)14-12(15)7-9-13-8-5-6-10-16-3/h11,13H,4-10H2,1-3H3,(H,14,15). The summed E-state index contributed by atoms with van der Waals surface area (Å²) < 4.78 is 4.95. The Morgan fingerprint density at radius 3 is 2.69 bits per heavy atom. The average Bonchev–Trinajstić information content (AvgIpc) is 2.27. The summed E-state index contributed by atoms with van der Waals surface area (Å²) in [6, 6.07) is 0.286. The van der Waals surface area contributed by atoms with Crippen molar-refractivity contribution in [3.8, 4) is 0 Å². The lowest BCUT2D eigenvalue weighted by Crippen LogP contribution is -2.34. The zero-order chi connectivity index (χ0) is 12.2. The molecule has 1 amide bonds. The predicted molar refractivity (Wildman–Crippen MR) is 66.5 cm³/mol. The molecule has 4 heteroatoms. The second-order valence-electron chi connectivity index (χ2n) is 4.08. The molecule has 0 aliphatic heterocycles. The molecule has 0 fully saturated rings. The summed E-state index contributed by atoms with van der Waals surface area (Å²) in [5.41, 5.74) is 0. The smallest absolute Gasteiger partial charge is 0.221 e. The van der Waals surface area contributed by atoms with Gasteiger partial charge in [0.2, 0.25) is 5.91 Å². The minimum atomic E-state index is 0.138. The Bertz CT molecular complexity index is 174. The number of hydrogen-bond acceptors (Lipinski definition) is 3. The molecule has 0 saturated heterocycles. The van der Waals surface area contributed by atoms with E-state index >= 15 is 0 Å². The zero-order valence-corrected chi connectivity index (χ0v) is 10.8. The Kier molecular flexibility index (Phi) is 10.5. The average molecular weight is 230 g/mol. The maximum Gasteiger partial charge on any atom is 0.221 e. The highest BCUT2D eigenvalue weighted by Gasteiger charge is 2.03. The lowest BCUT2D eigenvalue weighted by molar-refractivity contribution is -0.121. The van der Waals surface area contributed by atoms with Gasteiger partial charge in [-0.1, -0.05) is 6.92 Å². The van der Waals surface area contributed by atoms with Crippen LogP contribution in [0.2, 0.25) is 0 Å². The minimum Gasteiger partial charge on any atom is -0.385 e. The molecule has 2 N–H and O–H groups in total. The van der Waals surface area contributed by atoms with Crippen molar-refractivity contribution >= 4 is 5.91 Å². The fourth-order valence-electron chi connectivity index (χ4n) is 1.27. The van der Waals surface area contributed by atoms with E-state index in [0.29, 0.717) is 6.42 Å². The summed E-state index contributed by atoms with van der Waals surface area (Å²) in [6.45, 7) is 6.63. The summed E-state index contributed by atoms with van der Waals surface area (Å²) in [7, 11) is 1.71. The van der Waals surface area contributed by atoms with Gasteiger partial charge in [0.25, 0.3) is 0 Å². The molecule has 0 aliphatic carbocycles. The molecule has 1 atom stereocenters. The van der Waals surface area contributed by atoms with Crippen LogP contribution in [0.5, 0.6) is 0 Å². The van der Waals surface area contributed by atoms with E-state index in [1.165, 1.54) is 0 Å². The largest absolute Gasteiger partial charge is 0.385 e. The van der Waals surface area contributed by atoms with Gasteiger partial charge in [0.1, 0.15) is 0 Å². The van der Waals surface area contributed by atoms with E-state index in [0.717, 1.165) is 39.0 Å². The Hall–Kier alpha value is -0.610. The topological polar surface area (TPSA) is 50.4 Å². The molecule has 0 aromatic rings. The number of methoxy groups -OCH3 is 1. The van der Waals surface area contributed by atoms with Crippen molar-refractivity contribution < 1.29 is 9.53 Å². The summed E-state index contributed by atoms with van der Waals surface area (Å²) >= 11 is 0. The molecule has 0 aromatic carbocycles. The van der Waals surface area contributed by atoms with Crippen LogP contribution in [0.4, 0.5) is 0 Å². The molecule has 0 rings (SSSR count). The summed E-state index contributed by atoms with van der Waals surface area (Å²) in [6.07, 6.45) is 3.72.